The number of halogens is 2. The highest BCUT2D eigenvalue weighted by atomic mass is 35.5. The van der Waals surface area contributed by atoms with Gasteiger partial charge in [0.05, 0.1) is 5.75 Å². The zero-order chi connectivity index (χ0) is 15.5. The minimum Gasteiger partial charge on any atom is -0.294 e. The molecule has 0 amide bonds. The number of carbonyl (C=O) groups is 1. The van der Waals surface area contributed by atoms with Crippen LogP contribution < -0.4 is 0 Å². The molecule has 0 heterocycles. The van der Waals surface area contributed by atoms with E-state index < -0.39 is 33.9 Å². The smallest absolute Gasteiger partial charge is 0.265 e. The van der Waals surface area contributed by atoms with E-state index in [4.69, 9.17) is 16.2 Å². The third-order valence-corrected chi connectivity index (χ3v) is 3.72. The highest BCUT2D eigenvalue weighted by Gasteiger charge is 2.16. The fourth-order valence-corrected chi connectivity index (χ4v) is 2.46. The Morgan fingerprint density at radius 3 is 2.45 bits per heavy atom. The minimum atomic E-state index is -4.22. The molecule has 20 heavy (non-hydrogen) atoms. The summed E-state index contributed by atoms with van der Waals surface area (Å²) in [6, 6.07) is 2.38. The molecule has 0 spiro atoms. The van der Waals surface area contributed by atoms with Crippen LogP contribution in [-0.2, 0) is 16.5 Å². The minimum absolute atomic E-state index is 0.00339. The lowest BCUT2D eigenvalue weighted by Gasteiger charge is -2.10. The molecule has 0 radical (unpaired) electrons. The number of Topliss-reactive ketones (excluding diaryl/α,β-unsaturated/α-hetero) is 1. The first kappa shape index (κ1) is 17.1. The van der Waals surface area contributed by atoms with Crippen molar-refractivity contribution in [3.05, 3.63) is 34.1 Å². The number of hydrogen-bond acceptors (Lipinski definition) is 3. The summed E-state index contributed by atoms with van der Waals surface area (Å²) in [6.07, 6.45) is 0.0300. The van der Waals surface area contributed by atoms with Gasteiger partial charge in [-0.05, 0) is 24.5 Å². The molecule has 112 valence electrons. The Morgan fingerprint density at radius 2 is 2.00 bits per heavy atom. The Hall–Kier alpha value is -0.980. The molecule has 0 aliphatic rings. The molecule has 0 atom stereocenters. The fraction of sp³-hybridized carbons (Fsp3) is 0.462. The molecule has 0 fully saturated rings. The van der Waals surface area contributed by atoms with Gasteiger partial charge in [0.25, 0.3) is 10.1 Å². The molecule has 0 unspecified atom stereocenters. The largest absolute Gasteiger partial charge is 0.294 e. The molecule has 1 rings (SSSR count). The topological polar surface area (TPSA) is 71.4 Å². The van der Waals surface area contributed by atoms with Gasteiger partial charge in [-0.1, -0.05) is 25.4 Å². The van der Waals surface area contributed by atoms with E-state index in [0.717, 1.165) is 6.07 Å². The monoisotopic (exact) mass is 322 g/mol. The summed E-state index contributed by atoms with van der Waals surface area (Å²) in [6.45, 7) is 3.84. The molecule has 1 aromatic rings. The van der Waals surface area contributed by atoms with Gasteiger partial charge in [-0.15, -0.1) is 0 Å². The summed E-state index contributed by atoms with van der Waals surface area (Å²) in [5.74, 6) is -1.65. The second-order valence-corrected chi connectivity index (χ2v) is 6.95. The van der Waals surface area contributed by atoms with E-state index in [2.05, 4.69) is 0 Å². The molecule has 0 bridgehead atoms. The van der Waals surface area contributed by atoms with Crippen LogP contribution in [0.4, 0.5) is 4.39 Å². The lowest BCUT2D eigenvalue weighted by Crippen LogP contribution is -2.11. The summed E-state index contributed by atoms with van der Waals surface area (Å²) in [5, 5.41) is 0.147. The van der Waals surface area contributed by atoms with Crippen molar-refractivity contribution in [1.29, 1.82) is 0 Å². The molecule has 1 aromatic carbocycles. The van der Waals surface area contributed by atoms with Crippen molar-refractivity contribution in [1.82, 2.24) is 0 Å². The highest BCUT2D eigenvalue weighted by Crippen LogP contribution is 2.25. The van der Waals surface area contributed by atoms with E-state index in [1.807, 2.05) is 13.8 Å². The zero-order valence-corrected chi connectivity index (χ0v) is 12.8. The van der Waals surface area contributed by atoms with Crippen molar-refractivity contribution in [2.75, 3.05) is 5.75 Å². The SMILES string of the molecule is CC(C)Cc1c(F)cc(C(=O)CCS(=O)(=O)O)cc1Cl. The predicted octanol–water partition coefficient (Wildman–Crippen LogP) is 3.14. The molecule has 0 aliphatic carbocycles. The van der Waals surface area contributed by atoms with Crippen LogP contribution in [0.25, 0.3) is 0 Å². The molecule has 0 saturated carbocycles. The summed E-state index contributed by atoms with van der Waals surface area (Å²) in [5.41, 5.74) is 0.344. The van der Waals surface area contributed by atoms with Crippen molar-refractivity contribution >= 4 is 27.5 Å². The lowest BCUT2D eigenvalue weighted by molar-refractivity contribution is 0.0987. The highest BCUT2D eigenvalue weighted by molar-refractivity contribution is 7.85. The van der Waals surface area contributed by atoms with Crippen molar-refractivity contribution in [2.45, 2.75) is 26.7 Å². The molecular weight excluding hydrogens is 307 g/mol. The maximum absolute atomic E-state index is 13.9. The molecule has 0 aliphatic heterocycles. The number of ketones is 1. The first-order chi connectivity index (χ1) is 9.10. The van der Waals surface area contributed by atoms with Gasteiger partial charge < -0.3 is 0 Å². The third kappa shape index (κ3) is 5.19. The van der Waals surface area contributed by atoms with E-state index in [9.17, 15) is 17.6 Å². The Balaban J connectivity index is 2.96. The second-order valence-electron chi connectivity index (χ2n) is 4.98. The van der Waals surface area contributed by atoms with Crippen molar-refractivity contribution in [2.24, 2.45) is 5.92 Å². The van der Waals surface area contributed by atoms with E-state index >= 15 is 0 Å². The van der Waals surface area contributed by atoms with Crippen LogP contribution in [-0.4, -0.2) is 24.5 Å². The average Bonchev–Trinajstić information content (AvgIpc) is 2.29. The Morgan fingerprint density at radius 1 is 1.40 bits per heavy atom. The van der Waals surface area contributed by atoms with Crippen molar-refractivity contribution in [3.63, 3.8) is 0 Å². The van der Waals surface area contributed by atoms with Crippen LogP contribution >= 0.6 is 11.6 Å². The summed E-state index contributed by atoms with van der Waals surface area (Å²) in [7, 11) is -4.22. The van der Waals surface area contributed by atoms with Gasteiger partial charge in [-0.3, -0.25) is 9.35 Å². The van der Waals surface area contributed by atoms with Gasteiger partial charge in [0, 0.05) is 22.6 Å². The van der Waals surface area contributed by atoms with Crippen molar-refractivity contribution in [3.8, 4) is 0 Å². The molecule has 0 aromatic heterocycles. The van der Waals surface area contributed by atoms with E-state index in [1.165, 1.54) is 6.07 Å². The fourth-order valence-electron chi connectivity index (χ4n) is 1.73. The van der Waals surface area contributed by atoms with E-state index in [-0.39, 0.29) is 16.5 Å². The number of carbonyl (C=O) groups excluding carboxylic acids is 1. The first-order valence-electron chi connectivity index (χ1n) is 6.06. The molecule has 1 N–H and O–H groups in total. The Bertz CT molecular complexity index is 588. The van der Waals surface area contributed by atoms with Crippen LogP contribution in [0.2, 0.25) is 5.02 Å². The van der Waals surface area contributed by atoms with Crippen LogP contribution in [0.15, 0.2) is 12.1 Å². The molecule has 4 nitrogen and oxygen atoms in total. The van der Waals surface area contributed by atoms with Gasteiger partial charge in [0.15, 0.2) is 5.78 Å². The third-order valence-electron chi connectivity index (χ3n) is 2.66. The maximum atomic E-state index is 13.9. The van der Waals surface area contributed by atoms with Gasteiger partial charge in [0.1, 0.15) is 5.82 Å². The molecule has 7 heteroatoms. The van der Waals surface area contributed by atoms with Crippen LogP contribution in [0.1, 0.15) is 36.2 Å². The number of hydrogen-bond donors (Lipinski definition) is 1. The number of rotatable bonds is 6. The van der Waals surface area contributed by atoms with Crippen molar-refractivity contribution < 1.29 is 22.2 Å². The van der Waals surface area contributed by atoms with E-state index in [0.29, 0.717) is 12.0 Å². The van der Waals surface area contributed by atoms with Crippen LogP contribution in [0.5, 0.6) is 0 Å². The van der Waals surface area contributed by atoms with E-state index in [1.54, 1.807) is 0 Å². The van der Waals surface area contributed by atoms with Gasteiger partial charge in [-0.2, -0.15) is 8.42 Å². The van der Waals surface area contributed by atoms with Gasteiger partial charge in [0.2, 0.25) is 0 Å². The summed E-state index contributed by atoms with van der Waals surface area (Å²) in [4.78, 5) is 11.7. The zero-order valence-electron chi connectivity index (χ0n) is 11.2. The Kier molecular flexibility index (Phi) is 5.68. The Labute approximate surface area is 122 Å². The molecular formula is C13H16ClFO4S. The lowest BCUT2D eigenvalue weighted by atomic mass is 9.99. The van der Waals surface area contributed by atoms with Gasteiger partial charge in [-0.25, -0.2) is 4.39 Å². The second kappa shape index (κ2) is 6.65. The van der Waals surface area contributed by atoms with Crippen LogP contribution in [0, 0.1) is 11.7 Å². The molecule has 0 saturated heterocycles. The standard InChI is InChI=1S/C13H16ClFO4S/c1-8(2)5-10-11(14)6-9(7-12(10)15)13(16)3-4-20(17,18)19/h6-8H,3-5H2,1-2H3,(H,17,18,19). The summed E-state index contributed by atoms with van der Waals surface area (Å²) >= 11 is 5.95. The maximum Gasteiger partial charge on any atom is 0.265 e. The quantitative estimate of drug-likeness (QED) is 0.645. The van der Waals surface area contributed by atoms with Crippen LogP contribution in [0.3, 0.4) is 0 Å². The van der Waals surface area contributed by atoms with Gasteiger partial charge >= 0.3 is 0 Å². The predicted molar refractivity (Wildman–Crippen MR) is 75.3 cm³/mol. The first-order valence-corrected chi connectivity index (χ1v) is 8.05. The summed E-state index contributed by atoms with van der Waals surface area (Å²) < 4.78 is 43.6. The normalized spacial score (nSPS) is 11.9. The average molecular weight is 323 g/mol. The number of benzene rings is 1.